The van der Waals surface area contributed by atoms with Gasteiger partial charge in [0.1, 0.15) is 11.5 Å². The summed E-state index contributed by atoms with van der Waals surface area (Å²) in [5.41, 5.74) is 13.2. The molecule has 1 unspecified atom stereocenters. The van der Waals surface area contributed by atoms with Crippen LogP contribution in [0.1, 0.15) is 69.5 Å². The Morgan fingerprint density at radius 2 is 1.56 bits per heavy atom. The van der Waals surface area contributed by atoms with E-state index in [1.807, 2.05) is 41.3 Å². The maximum atomic E-state index is 14.0. The van der Waals surface area contributed by atoms with E-state index in [1.165, 1.54) is 0 Å². The zero-order chi connectivity index (χ0) is 36.2. The Kier molecular flexibility index (Phi) is 10.6. The summed E-state index contributed by atoms with van der Waals surface area (Å²) in [5, 5.41) is 12.3. The van der Waals surface area contributed by atoms with Crippen molar-refractivity contribution in [2.24, 2.45) is 5.92 Å². The molecule has 1 amide bonds. The number of nitrogens with zero attached hydrogens (tertiary/aromatic N) is 4. The van der Waals surface area contributed by atoms with E-state index < -0.39 is 23.1 Å². The van der Waals surface area contributed by atoms with Crippen molar-refractivity contribution in [2.75, 3.05) is 74.8 Å². The minimum absolute atomic E-state index is 0.0870. The summed E-state index contributed by atoms with van der Waals surface area (Å²) in [6.07, 6.45) is 5.30. The number of aliphatic carboxylic acids is 1. The van der Waals surface area contributed by atoms with Crippen LogP contribution in [0.3, 0.4) is 0 Å². The minimum atomic E-state index is -1.38. The average Bonchev–Trinajstić information content (AvgIpc) is 3.34. The van der Waals surface area contributed by atoms with Crippen LogP contribution in [0.15, 0.2) is 54.6 Å². The molecule has 3 aromatic carbocycles. The van der Waals surface area contributed by atoms with Crippen molar-refractivity contribution in [3.8, 4) is 11.5 Å². The van der Waals surface area contributed by atoms with E-state index in [0.29, 0.717) is 84.7 Å². The van der Waals surface area contributed by atoms with Crippen LogP contribution in [0, 0.1) is 5.92 Å². The number of rotatable bonds is 16. The van der Waals surface area contributed by atoms with Crippen LogP contribution in [0.2, 0.25) is 0 Å². The highest BCUT2D eigenvalue weighted by Gasteiger charge is 2.62. The van der Waals surface area contributed by atoms with E-state index in [2.05, 4.69) is 15.0 Å². The molecule has 3 heterocycles. The maximum absolute atomic E-state index is 14.0. The van der Waals surface area contributed by atoms with Crippen molar-refractivity contribution < 1.29 is 38.5 Å². The first kappa shape index (κ1) is 35.7. The number of carbonyl (C=O) groups is 3. The molecule has 0 saturated carbocycles. The fraction of sp³-hybridized carbons (Fsp3) is 0.436. The number of hydrogen-bond donors (Lipinski definition) is 2. The Balaban J connectivity index is 1.14. The number of fused-ring (bicyclic) bond motifs is 6. The standard InChI is InChI=1S/C39H42ClN5O7/c40-12-3-1-2-4-16-50-18-19-51-17-13-42-37(47)25-6-9-29-32(20-25)39(36(43-41)35(29)46)30-10-7-27(44-14-5-15-44)21-33(30)52-34-22-28(8-11-31(34)39)45-23-26(24-45)38(48)49/h6-11,20-22,26H,1-5,12-19,23-24H2,(H,42,47)(H,48,49). The molecular weight excluding hydrogens is 686 g/mol. The van der Waals surface area contributed by atoms with Gasteiger partial charge in [-0.3, -0.25) is 14.4 Å². The van der Waals surface area contributed by atoms with Gasteiger partial charge in [-0.05, 0) is 55.2 Å². The Labute approximate surface area is 307 Å². The predicted octanol–water partition coefficient (Wildman–Crippen LogP) is 5.29. The number of unbranched alkanes of at least 4 members (excludes halogenated alkanes) is 3. The molecule has 4 aliphatic rings. The molecule has 52 heavy (non-hydrogen) atoms. The highest BCUT2D eigenvalue weighted by molar-refractivity contribution is 6.52. The quantitative estimate of drug-likeness (QED) is 0.0868. The summed E-state index contributed by atoms with van der Waals surface area (Å²) in [6.45, 7) is 4.74. The Morgan fingerprint density at radius 3 is 2.19 bits per heavy atom. The second kappa shape index (κ2) is 15.5. The molecule has 1 atom stereocenters. The molecule has 0 bridgehead atoms. The van der Waals surface area contributed by atoms with Crippen LogP contribution >= 0.6 is 11.6 Å². The lowest BCUT2D eigenvalue weighted by Crippen LogP contribution is -2.50. The molecule has 0 radical (unpaired) electrons. The summed E-state index contributed by atoms with van der Waals surface area (Å²) >= 11 is 5.71. The molecule has 2 saturated heterocycles. The van der Waals surface area contributed by atoms with Crippen molar-refractivity contribution in [1.29, 1.82) is 0 Å². The number of alkyl halides is 1. The van der Waals surface area contributed by atoms with Crippen molar-refractivity contribution in [2.45, 2.75) is 37.5 Å². The summed E-state index contributed by atoms with van der Waals surface area (Å²) in [6, 6.07) is 16.3. The van der Waals surface area contributed by atoms with Gasteiger partial charge in [-0.25, -0.2) is 0 Å². The van der Waals surface area contributed by atoms with Crippen LogP contribution in [0.25, 0.3) is 5.53 Å². The molecule has 2 fully saturated rings. The predicted molar refractivity (Wildman–Crippen MR) is 196 cm³/mol. The fourth-order valence-electron chi connectivity index (χ4n) is 7.49. The number of Topliss-reactive ketones (excluding diaryl/α,β-unsaturated/α-hetero) is 1. The number of carbonyl (C=O) groups excluding carboxylic acids is 2. The van der Waals surface area contributed by atoms with Gasteiger partial charge in [-0.1, -0.05) is 25.0 Å². The topological polar surface area (TPSA) is 154 Å². The van der Waals surface area contributed by atoms with Gasteiger partial charge in [0.2, 0.25) is 0 Å². The van der Waals surface area contributed by atoms with Crippen molar-refractivity contribution >= 4 is 46.3 Å². The number of anilines is 2. The Morgan fingerprint density at radius 1 is 0.885 bits per heavy atom. The Bertz CT molecular complexity index is 1920. The Hall–Kier alpha value is -4.74. The monoisotopic (exact) mass is 727 g/mol. The zero-order valence-corrected chi connectivity index (χ0v) is 29.7. The van der Waals surface area contributed by atoms with Gasteiger partial charge in [-0.15, -0.1) is 11.6 Å². The number of carboxylic acids is 1. The van der Waals surface area contributed by atoms with Gasteiger partial charge in [0.25, 0.3) is 11.7 Å². The molecule has 0 aromatic heterocycles. The third-order valence-electron chi connectivity index (χ3n) is 10.5. The lowest BCUT2D eigenvalue weighted by molar-refractivity contribution is -0.142. The lowest BCUT2D eigenvalue weighted by atomic mass is 9.67. The van der Waals surface area contributed by atoms with E-state index in [1.54, 1.807) is 18.2 Å². The minimum Gasteiger partial charge on any atom is -0.481 e. The molecule has 1 spiro atoms. The molecule has 13 heteroatoms. The van der Waals surface area contributed by atoms with Gasteiger partial charge < -0.3 is 40.0 Å². The van der Waals surface area contributed by atoms with Crippen LogP contribution in [-0.2, 0) is 19.7 Å². The summed E-state index contributed by atoms with van der Waals surface area (Å²) < 4.78 is 17.8. The number of hydrogen-bond acceptors (Lipinski definition) is 8. The maximum Gasteiger partial charge on any atom is 0.358 e. The number of halogens is 1. The van der Waals surface area contributed by atoms with Crippen LogP contribution < -0.4 is 19.9 Å². The van der Waals surface area contributed by atoms with E-state index in [4.69, 9.17) is 25.8 Å². The number of ketones is 1. The van der Waals surface area contributed by atoms with Gasteiger partial charge in [0.15, 0.2) is 5.41 Å². The smallest absolute Gasteiger partial charge is 0.358 e. The van der Waals surface area contributed by atoms with Crippen LogP contribution in [0.5, 0.6) is 11.5 Å². The van der Waals surface area contributed by atoms with E-state index >= 15 is 0 Å². The first-order valence-electron chi connectivity index (χ1n) is 18.0. The molecule has 3 aliphatic heterocycles. The van der Waals surface area contributed by atoms with Crippen molar-refractivity contribution in [3.05, 3.63) is 87.9 Å². The third-order valence-corrected chi connectivity index (χ3v) is 10.7. The SMILES string of the molecule is [N-]=[N+]=C1C(=O)c2ccc(C(=O)NCCOCCOCCCCCCCl)cc2C12c1ccc(N3CCC3)cc1Oc1cc(N3CC(C(=O)O)C3)ccc12. The van der Waals surface area contributed by atoms with E-state index in [0.717, 1.165) is 56.6 Å². The average molecular weight is 728 g/mol. The third kappa shape index (κ3) is 6.56. The van der Waals surface area contributed by atoms with Gasteiger partial charge >= 0.3 is 11.7 Å². The number of amides is 1. The van der Waals surface area contributed by atoms with Gasteiger partial charge in [-0.2, -0.15) is 4.79 Å². The fourth-order valence-corrected chi connectivity index (χ4v) is 7.67. The largest absolute Gasteiger partial charge is 0.481 e. The summed E-state index contributed by atoms with van der Waals surface area (Å²) in [4.78, 5) is 46.8. The highest BCUT2D eigenvalue weighted by atomic mass is 35.5. The zero-order valence-electron chi connectivity index (χ0n) is 28.9. The molecule has 12 nitrogen and oxygen atoms in total. The van der Waals surface area contributed by atoms with Crippen LogP contribution in [-0.4, -0.2) is 98.3 Å². The second-order valence-electron chi connectivity index (χ2n) is 13.6. The van der Waals surface area contributed by atoms with Crippen molar-refractivity contribution in [1.82, 2.24) is 5.32 Å². The van der Waals surface area contributed by atoms with Gasteiger partial charge in [0, 0.05) is 91.0 Å². The lowest BCUT2D eigenvalue weighted by Gasteiger charge is -2.40. The normalized spacial score (nSPS) is 18.6. The van der Waals surface area contributed by atoms with E-state index in [9.17, 15) is 25.0 Å². The molecular formula is C39H42ClN5O7. The molecule has 7 rings (SSSR count). The molecule has 272 valence electrons. The first-order valence-corrected chi connectivity index (χ1v) is 18.5. The van der Waals surface area contributed by atoms with E-state index in [-0.39, 0.29) is 18.2 Å². The number of nitrogens with one attached hydrogen (secondary N) is 1. The van der Waals surface area contributed by atoms with Gasteiger partial charge in [0.05, 0.1) is 25.7 Å². The number of ether oxygens (including phenoxy) is 3. The number of benzene rings is 3. The molecule has 3 aromatic rings. The first-order chi connectivity index (χ1) is 25.4. The second-order valence-corrected chi connectivity index (χ2v) is 14.0. The van der Waals surface area contributed by atoms with Crippen molar-refractivity contribution in [3.63, 3.8) is 0 Å². The molecule has 1 aliphatic carbocycles. The van der Waals surface area contributed by atoms with Crippen LogP contribution in [0.4, 0.5) is 11.4 Å². The summed E-state index contributed by atoms with van der Waals surface area (Å²) in [5.74, 6) is -0.420. The summed E-state index contributed by atoms with van der Waals surface area (Å²) in [7, 11) is 0. The number of carboxylic acid groups (broad SMARTS) is 1. The highest BCUT2D eigenvalue weighted by Crippen LogP contribution is 2.57. The molecule has 2 N–H and O–H groups in total.